The molecule has 1 saturated carbocycles. The summed E-state index contributed by atoms with van der Waals surface area (Å²) in [5.41, 5.74) is 0.690. The number of carbonyl (C=O) groups is 1. The molecule has 0 amide bonds. The quantitative estimate of drug-likeness (QED) is 0.888. The molecule has 1 aliphatic carbocycles. The van der Waals surface area contributed by atoms with Gasteiger partial charge in [0.15, 0.2) is 0 Å². The first-order chi connectivity index (χ1) is 8.09. The lowest BCUT2D eigenvalue weighted by Gasteiger charge is -2.20. The van der Waals surface area contributed by atoms with Crippen LogP contribution in [0.2, 0.25) is 10.0 Å². The summed E-state index contributed by atoms with van der Waals surface area (Å²) in [6, 6.07) is 5.05. The largest absolute Gasteiger partial charge is 0.481 e. The number of halogens is 2. The highest BCUT2D eigenvalue weighted by Gasteiger charge is 2.33. The first-order valence-electron chi connectivity index (χ1n) is 5.77. The van der Waals surface area contributed by atoms with Crippen molar-refractivity contribution in [2.24, 2.45) is 5.92 Å². The normalized spacial score (nSPS) is 18.2. The maximum Gasteiger partial charge on any atom is 0.311 e. The zero-order valence-electron chi connectivity index (χ0n) is 9.33. The summed E-state index contributed by atoms with van der Waals surface area (Å²) in [5.74, 6) is -1.09. The molecule has 4 heteroatoms. The molecule has 0 radical (unpaired) electrons. The lowest BCUT2D eigenvalue weighted by molar-refractivity contribution is -0.140. The van der Waals surface area contributed by atoms with Gasteiger partial charge in [0.2, 0.25) is 0 Å². The van der Waals surface area contributed by atoms with E-state index in [9.17, 15) is 9.90 Å². The fourth-order valence-electron chi connectivity index (χ4n) is 2.63. The molecule has 1 aromatic rings. The monoisotopic (exact) mass is 272 g/mol. The Morgan fingerprint density at radius 3 is 2.47 bits per heavy atom. The summed E-state index contributed by atoms with van der Waals surface area (Å²) >= 11 is 11.9. The maximum atomic E-state index is 11.4. The van der Waals surface area contributed by atoms with Gasteiger partial charge in [-0.25, -0.2) is 0 Å². The van der Waals surface area contributed by atoms with Crippen LogP contribution in [-0.4, -0.2) is 11.1 Å². The first-order valence-corrected chi connectivity index (χ1v) is 6.53. The summed E-state index contributed by atoms with van der Waals surface area (Å²) in [6.45, 7) is 0. The fourth-order valence-corrected chi connectivity index (χ4v) is 3.16. The van der Waals surface area contributed by atoms with Gasteiger partial charge in [0, 0.05) is 10.0 Å². The fraction of sp³-hybridized carbons (Fsp3) is 0.462. The average Bonchev–Trinajstić information content (AvgIpc) is 2.74. The van der Waals surface area contributed by atoms with Crippen molar-refractivity contribution in [1.29, 1.82) is 0 Å². The second-order valence-electron chi connectivity index (χ2n) is 4.53. The third-order valence-corrected chi connectivity index (χ3v) is 4.00. The van der Waals surface area contributed by atoms with E-state index in [1.54, 1.807) is 18.2 Å². The molecule has 0 spiro atoms. The van der Waals surface area contributed by atoms with E-state index in [2.05, 4.69) is 0 Å². The van der Waals surface area contributed by atoms with Crippen molar-refractivity contribution >= 4 is 29.2 Å². The Morgan fingerprint density at radius 2 is 1.94 bits per heavy atom. The zero-order valence-corrected chi connectivity index (χ0v) is 10.8. The second kappa shape index (κ2) is 5.28. The molecule has 1 N–H and O–H groups in total. The Balaban J connectivity index is 2.35. The Labute approximate surface area is 111 Å². The molecular formula is C13H14Cl2O2. The minimum Gasteiger partial charge on any atom is -0.481 e. The highest BCUT2D eigenvalue weighted by atomic mass is 35.5. The topological polar surface area (TPSA) is 37.3 Å². The molecule has 0 bridgehead atoms. The molecule has 17 heavy (non-hydrogen) atoms. The van der Waals surface area contributed by atoms with Gasteiger partial charge in [-0.3, -0.25) is 4.79 Å². The number of hydrogen-bond donors (Lipinski definition) is 1. The van der Waals surface area contributed by atoms with Crippen LogP contribution in [0.15, 0.2) is 18.2 Å². The van der Waals surface area contributed by atoms with E-state index >= 15 is 0 Å². The predicted octanol–water partition coefficient (Wildman–Crippen LogP) is 4.35. The van der Waals surface area contributed by atoms with Crippen LogP contribution < -0.4 is 0 Å². The molecular weight excluding hydrogens is 259 g/mol. The Kier molecular flexibility index (Phi) is 3.95. The number of aliphatic carboxylic acids is 1. The summed E-state index contributed by atoms with van der Waals surface area (Å²) < 4.78 is 0. The summed E-state index contributed by atoms with van der Waals surface area (Å²) in [4.78, 5) is 11.4. The standard InChI is InChI=1S/C13H14Cl2O2/c14-9-5-6-10(11(15)7-9)12(13(16)17)8-3-1-2-4-8/h5-8,12H,1-4H2,(H,16,17). The third-order valence-electron chi connectivity index (χ3n) is 3.43. The van der Waals surface area contributed by atoms with Crippen LogP contribution in [0.5, 0.6) is 0 Å². The number of benzene rings is 1. The highest BCUT2D eigenvalue weighted by molar-refractivity contribution is 6.35. The van der Waals surface area contributed by atoms with Gasteiger partial charge in [-0.05, 0) is 36.5 Å². The second-order valence-corrected chi connectivity index (χ2v) is 5.37. The van der Waals surface area contributed by atoms with Crippen molar-refractivity contribution < 1.29 is 9.90 Å². The molecule has 1 fully saturated rings. The zero-order chi connectivity index (χ0) is 12.4. The lowest BCUT2D eigenvalue weighted by atomic mass is 9.85. The minimum atomic E-state index is -0.791. The molecule has 1 unspecified atom stereocenters. The van der Waals surface area contributed by atoms with E-state index in [0.29, 0.717) is 15.6 Å². The average molecular weight is 273 g/mol. The van der Waals surface area contributed by atoms with E-state index in [-0.39, 0.29) is 5.92 Å². The number of rotatable bonds is 3. The van der Waals surface area contributed by atoms with Gasteiger partial charge in [-0.15, -0.1) is 0 Å². The van der Waals surface area contributed by atoms with Crippen LogP contribution in [-0.2, 0) is 4.79 Å². The Hall–Kier alpha value is -0.730. The number of carboxylic acid groups (broad SMARTS) is 1. The van der Waals surface area contributed by atoms with Gasteiger partial charge in [-0.2, -0.15) is 0 Å². The molecule has 1 atom stereocenters. The smallest absolute Gasteiger partial charge is 0.311 e. The molecule has 1 aromatic carbocycles. The van der Waals surface area contributed by atoms with Crippen molar-refractivity contribution in [3.63, 3.8) is 0 Å². The summed E-state index contributed by atoms with van der Waals surface area (Å²) in [6.07, 6.45) is 4.16. The van der Waals surface area contributed by atoms with E-state index in [4.69, 9.17) is 23.2 Å². The van der Waals surface area contributed by atoms with Gasteiger partial charge >= 0.3 is 5.97 Å². The maximum absolute atomic E-state index is 11.4. The Bertz CT molecular complexity index is 425. The van der Waals surface area contributed by atoms with Crippen molar-refractivity contribution in [1.82, 2.24) is 0 Å². The van der Waals surface area contributed by atoms with Crippen LogP contribution >= 0.6 is 23.2 Å². The third kappa shape index (κ3) is 2.75. The molecule has 2 rings (SSSR count). The van der Waals surface area contributed by atoms with E-state index in [0.717, 1.165) is 25.7 Å². The van der Waals surface area contributed by atoms with Crippen molar-refractivity contribution in [3.05, 3.63) is 33.8 Å². The van der Waals surface area contributed by atoms with Gasteiger partial charge in [0.05, 0.1) is 5.92 Å². The van der Waals surface area contributed by atoms with Gasteiger partial charge in [0.1, 0.15) is 0 Å². The van der Waals surface area contributed by atoms with Crippen LogP contribution in [0.3, 0.4) is 0 Å². The molecule has 1 aliphatic rings. The highest BCUT2D eigenvalue weighted by Crippen LogP contribution is 2.40. The van der Waals surface area contributed by atoms with E-state index < -0.39 is 11.9 Å². The number of carboxylic acids is 1. The molecule has 0 saturated heterocycles. The van der Waals surface area contributed by atoms with Crippen LogP contribution in [0.1, 0.15) is 37.2 Å². The van der Waals surface area contributed by atoms with Crippen LogP contribution in [0.25, 0.3) is 0 Å². The van der Waals surface area contributed by atoms with Gasteiger partial charge in [-0.1, -0.05) is 42.1 Å². The molecule has 92 valence electrons. The van der Waals surface area contributed by atoms with E-state index in [1.165, 1.54) is 0 Å². The molecule has 0 aromatic heterocycles. The molecule has 2 nitrogen and oxygen atoms in total. The van der Waals surface area contributed by atoms with Crippen molar-refractivity contribution in [3.8, 4) is 0 Å². The van der Waals surface area contributed by atoms with Crippen LogP contribution in [0, 0.1) is 5.92 Å². The predicted molar refractivity (Wildman–Crippen MR) is 68.8 cm³/mol. The lowest BCUT2D eigenvalue weighted by Crippen LogP contribution is -2.20. The van der Waals surface area contributed by atoms with E-state index in [1.807, 2.05) is 0 Å². The molecule has 0 heterocycles. The number of hydrogen-bond acceptors (Lipinski definition) is 1. The molecule has 0 aliphatic heterocycles. The van der Waals surface area contributed by atoms with Crippen molar-refractivity contribution in [2.45, 2.75) is 31.6 Å². The summed E-state index contributed by atoms with van der Waals surface area (Å²) in [7, 11) is 0. The minimum absolute atomic E-state index is 0.200. The SMILES string of the molecule is O=C(O)C(c1ccc(Cl)cc1Cl)C1CCCC1. The van der Waals surface area contributed by atoms with Crippen LogP contribution in [0.4, 0.5) is 0 Å². The summed E-state index contributed by atoms with van der Waals surface area (Å²) in [5, 5.41) is 10.4. The first kappa shape index (κ1) is 12.7. The van der Waals surface area contributed by atoms with Gasteiger partial charge in [0.25, 0.3) is 0 Å². The Morgan fingerprint density at radius 1 is 1.29 bits per heavy atom. The van der Waals surface area contributed by atoms with Gasteiger partial charge < -0.3 is 5.11 Å². The van der Waals surface area contributed by atoms with Crippen molar-refractivity contribution in [2.75, 3.05) is 0 Å².